The number of halogens is 1. The van der Waals surface area contributed by atoms with Crippen molar-refractivity contribution in [2.75, 3.05) is 11.1 Å². The first kappa shape index (κ1) is 21.2. The quantitative estimate of drug-likeness (QED) is 0.329. The first-order valence-electron chi connectivity index (χ1n) is 9.70. The summed E-state index contributed by atoms with van der Waals surface area (Å²) in [6.07, 6.45) is 0. The third-order valence-corrected chi connectivity index (χ3v) is 6.03. The molecule has 2 aromatic heterocycles. The molecule has 0 bridgehead atoms. The standard InChI is InChI=1S/C23H21ClN4O2S/c1-13-4-8-17(9-5-13)28-22(30)21-19(10-15(3)25-21)27-23(28)31-12-20(29)26-18-11-16(24)7-6-14(18)2/h4-11,25H,12H2,1-3H3,(H,26,29). The summed E-state index contributed by atoms with van der Waals surface area (Å²) in [5.74, 6) is -0.107. The normalized spacial score (nSPS) is 11.1. The monoisotopic (exact) mass is 452 g/mol. The van der Waals surface area contributed by atoms with Crippen LogP contribution in [0.15, 0.2) is 58.5 Å². The van der Waals surface area contributed by atoms with E-state index in [4.69, 9.17) is 11.6 Å². The molecule has 0 saturated heterocycles. The maximum absolute atomic E-state index is 13.2. The van der Waals surface area contributed by atoms with Crippen LogP contribution in [0.5, 0.6) is 0 Å². The molecule has 0 aliphatic carbocycles. The Morgan fingerprint density at radius 1 is 1.13 bits per heavy atom. The zero-order chi connectivity index (χ0) is 22.1. The smallest absolute Gasteiger partial charge is 0.283 e. The average molecular weight is 453 g/mol. The van der Waals surface area contributed by atoms with Gasteiger partial charge in [-0.3, -0.25) is 14.2 Å². The molecule has 2 aromatic carbocycles. The van der Waals surface area contributed by atoms with Crippen LogP contribution in [0.2, 0.25) is 5.02 Å². The first-order chi connectivity index (χ1) is 14.8. The van der Waals surface area contributed by atoms with Crippen molar-refractivity contribution in [3.63, 3.8) is 0 Å². The van der Waals surface area contributed by atoms with Gasteiger partial charge in [0.1, 0.15) is 5.52 Å². The van der Waals surface area contributed by atoms with Crippen molar-refractivity contribution < 1.29 is 4.79 Å². The highest BCUT2D eigenvalue weighted by Crippen LogP contribution is 2.24. The topological polar surface area (TPSA) is 79.8 Å². The van der Waals surface area contributed by atoms with Crippen LogP contribution >= 0.6 is 23.4 Å². The number of carbonyl (C=O) groups is 1. The number of amides is 1. The maximum Gasteiger partial charge on any atom is 0.283 e. The fourth-order valence-corrected chi connectivity index (χ4v) is 4.23. The number of aromatic amines is 1. The van der Waals surface area contributed by atoms with Gasteiger partial charge >= 0.3 is 0 Å². The molecule has 4 rings (SSSR count). The number of aryl methyl sites for hydroxylation is 3. The van der Waals surface area contributed by atoms with E-state index in [0.29, 0.717) is 32.6 Å². The fraction of sp³-hybridized carbons (Fsp3) is 0.174. The van der Waals surface area contributed by atoms with E-state index in [-0.39, 0.29) is 17.2 Å². The predicted molar refractivity (Wildman–Crippen MR) is 127 cm³/mol. The Hall–Kier alpha value is -3.03. The number of aromatic nitrogens is 3. The molecule has 6 nitrogen and oxygen atoms in total. The van der Waals surface area contributed by atoms with Gasteiger partial charge < -0.3 is 10.3 Å². The third kappa shape index (κ3) is 4.52. The SMILES string of the molecule is Cc1ccc(-n2c(SCC(=O)Nc3cc(Cl)ccc3C)nc3cc(C)[nH]c3c2=O)cc1. The molecule has 4 aromatic rings. The molecule has 0 spiro atoms. The summed E-state index contributed by atoms with van der Waals surface area (Å²) in [6, 6.07) is 14.8. The van der Waals surface area contributed by atoms with Crippen molar-refractivity contribution in [3.05, 3.63) is 80.7 Å². The second-order valence-electron chi connectivity index (χ2n) is 7.38. The van der Waals surface area contributed by atoms with Gasteiger partial charge in [-0.15, -0.1) is 0 Å². The number of nitrogens with one attached hydrogen (secondary N) is 2. The summed E-state index contributed by atoms with van der Waals surface area (Å²) in [7, 11) is 0. The first-order valence-corrected chi connectivity index (χ1v) is 11.1. The van der Waals surface area contributed by atoms with E-state index in [1.807, 2.05) is 57.2 Å². The highest BCUT2D eigenvalue weighted by Gasteiger charge is 2.16. The predicted octanol–water partition coefficient (Wildman–Crippen LogP) is 5.02. The van der Waals surface area contributed by atoms with Crippen molar-refractivity contribution in [1.29, 1.82) is 0 Å². The molecule has 158 valence electrons. The van der Waals surface area contributed by atoms with Crippen LogP contribution in [0.4, 0.5) is 5.69 Å². The molecule has 1 amide bonds. The number of anilines is 1. The van der Waals surface area contributed by atoms with E-state index >= 15 is 0 Å². The summed E-state index contributed by atoms with van der Waals surface area (Å²) in [6.45, 7) is 5.77. The second kappa shape index (κ2) is 8.61. The molecule has 0 atom stereocenters. The largest absolute Gasteiger partial charge is 0.353 e. The molecular formula is C23H21ClN4O2S. The van der Waals surface area contributed by atoms with E-state index in [0.717, 1.165) is 16.8 Å². The van der Waals surface area contributed by atoms with E-state index in [9.17, 15) is 9.59 Å². The molecule has 0 saturated carbocycles. The number of rotatable bonds is 5. The Bertz CT molecular complexity index is 1340. The summed E-state index contributed by atoms with van der Waals surface area (Å²) < 4.78 is 1.54. The third-order valence-electron chi connectivity index (χ3n) is 4.85. The van der Waals surface area contributed by atoms with Crippen molar-refractivity contribution in [2.45, 2.75) is 25.9 Å². The number of fused-ring (bicyclic) bond motifs is 1. The zero-order valence-electron chi connectivity index (χ0n) is 17.3. The minimum atomic E-state index is -0.203. The second-order valence-corrected chi connectivity index (χ2v) is 8.76. The van der Waals surface area contributed by atoms with Crippen LogP contribution in [-0.4, -0.2) is 26.2 Å². The summed E-state index contributed by atoms with van der Waals surface area (Å²) in [5, 5.41) is 3.89. The van der Waals surface area contributed by atoms with Crippen LogP contribution < -0.4 is 10.9 Å². The number of carbonyl (C=O) groups excluding carboxylic acids is 1. The number of nitrogens with zero attached hydrogens (tertiary/aromatic N) is 2. The summed E-state index contributed by atoms with van der Waals surface area (Å²) in [5.41, 5.74) is 5.06. The molecule has 0 radical (unpaired) electrons. The van der Waals surface area contributed by atoms with Crippen molar-refractivity contribution >= 4 is 46.0 Å². The number of benzene rings is 2. The van der Waals surface area contributed by atoms with Crippen LogP contribution in [-0.2, 0) is 4.79 Å². The van der Waals surface area contributed by atoms with E-state index < -0.39 is 0 Å². The van der Waals surface area contributed by atoms with E-state index in [1.54, 1.807) is 16.7 Å². The van der Waals surface area contributed by atoms with Gasteiger partial charge in [0.15, 0.2) is 5.16 Å². The molecule has 2 N–H and O–H groups in total. The number of thioether (sulfide) groups is 1. The molecular weight excluding hydrogens is 432 g/mol. The average Bonchev–Trinajstić information content (AvgIpc) is 3.11. The Morgan fingerprint density at radius 2 is 1.87 bits per heavy atom. The number of H-pyrrole nitrogens is 1. The Morgan fingerprint density at radius 3 is 2.61 bits per heavy atom. The molecule has 0 aliphatic rings. The van der Waals surface area contributed by atoms with Crippen molar-refractivity contribution in [1.82, 2.24) is 14.5 Å². The van der Waals surface area contributed by atoms with Gasteiger partial charge in [-0.1, -0.05) is 47.1 Å². The lowest BCUT2D eigenvalue weighted by atomic mass is 10.2. The van der Waals surface area contributed by atoms with E-state index in [2.05, 4.69) is 15.3 Å². The molecule has 2 heterocycles. The molecule has 0 fully saturated rings. The zero-order valence-corrected chi connectivity index (χ0v) is 18.9. The van der Waals surface area contributed by atoms with Crippen LogP contribution in [0.1, 0.15) is 16.8 Å². The van der Waals surface area contributed by atoms with Crippen molar-refractivity contribution in [2.24, 2.45) is 0 Å². The lowest BCUT2D eigenvalue weighted by molar-refractivity contribution is -0.113. The van der Waals surface area contributed by atoms with Gasteiger partial charge in [0.05, 0.1) is 17.0 Å². The highest BCUT2D eigenvalue weighted by molar-refractivity contribution is 7.99. The van der Waals surface area contributed by atoms with Gasteiger partial charge in [-0.05, 0) is 56.7 Å². The number of hydrogen-bond donors (Lipinski definition) is 2. The lowest BCUT2D eigenvalue weighted by Gasteiger charge is -2.13. The van der Waals surface area contributed by atoms with Gasteiger partial charge in [0.2, 0.25) is 5.91 Å². The Balaban J connectivity index is 1.67. The van der Waals surface area contributed by atoms with Crippen LogP contribution in [0.3, 0.4) is 0 Å². The van der Waals surface area contributed by atoms with Gasteiger partial charge in [0.25, 0.3) is 5.56 Å². The van der Waals surface area contributed by atoms with Crippen LogP contribution in [0, 0.1) is 20.8 Å². The Labute approximate surface area is 188 Å². The molecule has 8 heteroatoms. The lowest BCUT2D eigenvalue weighted by Crippen LogP contribution is -2.23. The Kier molecular flexibility index (Phi) is 5.89. The molecule has 0 unspecified atom stereocenters. The fourth-order valence-electron chi connectivity index (χ4n) is 3.24. The molecule has 0 aliphatic heterocycles. The minimum absolute atomic E-state index is 0.0964. The minimum Gasteiger partial charge on any atom is -0.353 e. The molecule has 31 heavy (non-hydrogen) atoms. The van der Waals surface area contributed by atoms with Crippen LogP contribution in [0.25, 0.3) is 16.7 Å². The highest BCUT2D eigenvalue weighted by atomic mass is 35.5. The number of hydrogen-bond acceptors (Lipinski definition) is 4. The maximum atomic E-state index is 13.2. The van der Waals surface area contributed by atoms with Gasteiger partial charge in [0, 0.05) is 16.4 Å². The van der Waals surface area contributed by atoms with E-state index in [1.165, 1.54) is 11.8 Å². The van der Waals surface area contributed by atoms with Gasteiger partial charge in [-0.2, -0.15) is 0 Å². The van der Waals surface area contributed by atoms with Gasteiger partial charge in [-0.25, -0.2) is 4.98 Å². The summed E-state index contributed by atoms with van der Waals surface area (Å²) in [4.78, 5) is 33.6. The summed E-state index contributed by atoms with van der Waals surface area (Å²) >= 11 is 7.25. The van der Waals surface area contributed by atoms with Crippen molar-refractivity contribution in [3.8, 4) is 5.69 Å².